The van der Waals surface area contributed by atoms with Crippen molar-refractivity contribution in [3.8, 4) is 11.5 Å². The van der Waals surface area contributed by atoms with E-state index in [2.05, 4.69) is 10.5 Å². The first-order valence-electron chi connectivity index (χ1n) is 8.02. The van der Waals surface area contributed by atoms with Crippen LogP contribution in [0.2, 0.25) is 5.02 Å². The Morgan fingerprint density at radius 1 is 1.21 bits per heavy atom. The van der Waals surface area contributed by atoms with Crippen LogP contribution in [0, 0.1) is 0 Å². The summed E-state index contributed by atoms with van der Waals surface area (Å²) in [6.07, 6.45) is 2.37. The zero-order valence-corrected chi connectivity index (χ0v) is 17.1. The van der Waals surface area contributed by atoms with E-state index < -0.39 is 22.5 Å². The summed E-state index contributed by atoms with van der Waals surface area (Å²) in [6, 6.07) is 11.5. The lowest BCUT2D eigenvalue weighted by molar-refractivity contribution is -0.119. The highest BCUT2D eigenvalue weighted by Crippen LogP contribution is 2.27. The summed E-state index contributed by atoms with van der Waals surface area (Å²) >= 11 is 6.06. The highest BCUT2D eigenvalue weighted by molar-refractivity contribution is 7.92. The normalized spacial score (nSPS) is 11.3. The topological polar surface area (TPSA) is 97.3 Å². The second kappa shape index (κ2) is 9.43. The predicted octanol–water partition coefficient (Wildman–Crippen LogP) is 2.27. The minimum atomic E-state index is -3.73. The first-order valence-corrected chi connectivity index (χ1v) is 10.2. The molecular weight excluding hydrogens is 406 g/mol. The fourth-order valence-electron chi connectivity index (χ4n) is 2.31. The van der Waals surface area contributed by atoms with E-state index in [1.54, 1.807) is 36.4 Å². The number of halogens is 1. The third-order valence-electron chi connectivity index (χ3n) is 3.64. The quantitative estimate of drug-likeness (QED) is 0.517. The molecule has 0 atom stereocenters. The third kappa shape index (κ3) is 5.61. The summed E-state index contributed by atoms with van der Waals surface area (Å²) in [5.41, 5.74) is 3.08. The zero-order chi connectivity index (χ0) is 20.7. The van der Waals surface area contributed by atoms with Crippen LogP contribution < -0.4 is 19.2 Å². The maximum Gasteiger partial charge on any atom is 0.260 e. The van der Waals surface area contributed by atoms with Gasteiger partial charge in [0.1, 0.15) is 18.0 Å². The summed E-state index contributed by atoms with van der Waals surface area (Å²) in [4.78, 5) is 12.2. The predicted molar refractivity (Wildman–Crippen MR) is 109 cm³/mol. The largest absolute Gasteiger partial charge is 0.497 e. The van der Waals surface area contributed by atoms with Crippen molar-refractivity contribution in [2.24, 2.45) is 5.10 Å². The molecule has 2 aromatic rings. The standard InChI is InChI=1S/C18H20ClN3O5S/c1-26-14-8-9-17(27-2)13(10-14)11-20-21-18(23)12-22(28(3,24)25)16-7-5-4-6-15(16)19/h4-11H,12H2,1-3H3,(H,21,23)/b20-11-. The third-order valence-corrected chi connectivity index (χ3v) is 5.08. The van der Waals surface area contributed by atoms with Gasteiger partial charge < -0.3 is 9.47 Å². The summed E-state index contributed by atoms with van der Waals surface area (Å²) in [6.45, 7) is -0.477. The average Bonchev–Trinajstić information content (AvgIpc) is 2.66. The molecule has 10 heteroatoms. The molecule has 0 bridgehead atoms. The molecule has 150 valence electrons. The molecule has 0 spiro atoms. The van der Waals surface area contributed by atoms with Gasteiger partial charge in [-0.15, -0.1) is 0 Å². The Labute approximate surface area is 168 Å². The number of rotatable bonds is 8. The number of carbonyl (C=O) groups excluding carboxylic acids is 1. The Balaban J connectivity index is 2.14. The number of benzene rings is 2. The first kappa shape index (κ1) is 21.5. The van der Waals surface area contributed by atoms with Gasteiger partial charge in [-0.05, 0) is 30.3 Å². The van der Waals surface area contributed by atoms with Gasteiger partial charge in [-0.1, -0.05) is 23.7 Å². The molecule has 1 amide bonds. The summed E-state index contributed by atoms with van der Waals surface area (Å²) in [5.74, 6) is 0.492. The lowest BCUT2D eigenvalue weighted by Gasteiger charge is -2.22. The van der Waals surface area contributed by atoms with Crippen LogP contribution in [0.1, 0.15) is 5.56 Å². The van der Waals surface area contributed by atoms with E-state index in [1.165, 1.54) is 26.5 Å². The minimum Gasteiger partial charge on any atom is -0.497 e. The number of amides is 1. The molecule has 0 aliphatic carbocycles. The number of ether oxygens (including phenoxy) is 2. The fourth-order valence-corrected chi connectivity index (χ4v) is 3.47. The SMILES string of the molecule is COc1ccc(OC)c(/C=N\NC(=O)CN(c2ccccc2Cl)S(C)(=O)=O)c1. The van der Waals surface area contributed by atoms with Crippen molar-refractivity contribution in [1.29, 1.82) is 0 Å². The van der Waals surface area contributed by atoms with Crippen LogP contribution in [0.4, 0.5) is 5.69 Å². The molecule has 0 heterocycles. The Morgan fingerprint density at radius 3 is 2.54 bits per heavy atom. The van der Waals surface area contributed by atoms with Gasteiger partial charge in [0.25, 0.3) is 5.91 Å². The average molecular weight is 426 g/mol. The van der Waals surface area contributed by atoms with E-state index in [0.29, 0.717) is 17.1 Å². The van der Waals surface area contributed by atoms with Crippen LogP contribution in [-0.4, -0.2) is 47.6 Å². The molecular formula is C18H20ClN3O5S. The van der Waals surface area contributed by atoms with E-state index in [4.69, 9.17) is 21.1 Å². The van der Waals surface area contributed by atoms with Crippen molar-refractivity contribution < 1.29 is 22.7 Å². The van der Waals surface area contributed by atoms with E-state index in [9.17, 15) is 13.2 Å². The Morgan fingerprint density at radius 2 is 1.93 bits per heavy atom. The molecule has 8 nitrogen and oxygen atoms in total. The molecule has 2 rings (SSSR count). The highest BCUT2D eigenvalue weighted by Gasteiger charge is 2.22. The number of methoxy groups -OCH3 is 2. The molecule has 0 saturated carbocycles. The van der Waals surface area contributed by atoms with Gasteiger partial charge in [0.15, 0.2) is 0 Å². The van der Waals surface area contributed by atoms with Crippen molar-refractivity contribution in [3.63, 3.8) is 0 Å². The molecule has 0 aliphatic rings. The molecule has 0 radical (unpaired) electrons. The van der Waals surface area contributed by atoms with E-state index in [1.807, 2.05) is 0 Å². The summed E-state index contributed by atoms with van der Waals surface area (Å²) in [5, 5.41) is 4.08. The number of nitrogens with zero attached hydrogens (tertiary/aromatic N) is 2. The van der Waals surface area contributed by atoms with Gasteiger partial charge in [0.05, 0.1) is 37.4 Å². The van der Waals surface area contributed by atoms with Crippen molar-refractivity contribution in [2.45, 2.75) is 0 Å². The number of hydrogen-bond donors (Lipinski definition) is 1. The first-order chi connectivity index (χ1) is 13.3. The second-order valence-corrected chi connectivity index (χ2v) is 7.94. The maximum atomic E-state index is 12.2. The Hall–Kier alpha value is -2.78. The second-order valence-electron chi connectivity index (χ2n) is 5.62. The summed E-state index contributed by atoms with van der Waals surface area (Å²) < 4.78 is 35.4. The number of carbonyl (C=O) groups is 1. The van der Waals surface area contributed by atoms with Crippen LogP contribution in [0.25, 0.3) is 0 Å². The number of hydrazone groups is 1. The van der Waals surface area contributed by atoms with Crippen molar-refractivity contribution >= 4 is 39.4 Å². The van der Waals surface area contributed by atoms with Gasteiger partial charge in [-0.3, -0.25) is 9.10 Å². The summed E-state index contributed by atoms with van der Waals surface area (Å²) in [7, 11) is -0.701. The lowest BCUT2D eigenvalue weighted by Crippen LogP contribution is -2.39. The van der Waals surface area contributed by atoms with Crippen molar-refractivity contribution in [3.05, 3.63) is 53.1 Å². The van der Waals surface area contributed by atoms with Crippen LogP contribution in [0.5, 0.6) is 11.5 Å². The number of nitrogens with one attached hydrogen (secondary N) is 1. The van der Waals surface area contributed by atoms with Gasteiger partial charge >= 0.3 is 0 Å². The van der Waals surface area contributed by atoms with Crippen molar-refractivity contribution in [1.82, 2.24) is 5.43 Å². The minimum absolute atomic E-state index is 0.209. The van der Waals surface area contributed by atoms with E-state index in [0.717, 1.165) is 10.6 Å². The molecule has 0 fully saturated rings. The number of para-hydroxylation sites is 1. The molecule has 0 aromatic heterocycles. The number of hydrogen-bond acceptors (Lipinski definition) is 6. The van der Waals surface area contributed by atoms with Gasteiger partial charge in [-0.25, -0.2) is 13.8 Å². The van der Waals surface area contributed by atoms with E-state index >= 15 is 0 Å². The molecule has 0 aliphatic heterocycles. The van der Waals surface area contributed by atoms with Gasteiger partial charge in [0.2, 0.25) is 10.0 Å². The smallest absolute Gasteiger partial charge is 0.260 e. The number of sulfonamides is 1. The molecule has 2 aromatic carbocycles. The van der Waals surface area contributed by atoms with E-state index in [-0.39, 0.29) is 10.7 Å². The molecule has 0 saturated heterocycles. The number of anilines is 1. The van der Waals surface area contributed by atoms with Crippen LogP contribution in [-0.2, 0) is 14.8 Å². The molecule has 0 unspecified atom stereocenters. The van der Waals surface area contributed by atoms with Crippen molar-refractivity contribution in [2.75, 3.05) is 31.3 Å². The molecule has 28 heavy (non-hydrogen) atoms. The Bertz CT molecular complexity index is 979. The Kier molecular flexibility index (Phi) is 7.24. The van der Waals surface area contributed by atoms with Crippen LogP contribution in [0.3, 0.4) is 0 Å². The lowest BCUT2D eigenvalue weighted by atomic mass is 10.2. The zero-order valence-electron chi connectivity index (χ0n) is 15.5. The maximum absolute atomic E-state index is 12.2. The van der Waals surface area contributed by atoms with Crippen LogP contribution in [0.15, 0.2) is 47.6 Å². The monoisotopic (exact) mass is 425 g/mol. The molecule has 1 N–H and O–H groups in total. The van der Waals surface area contributed by atoms with Crippen LogP contribution >= 0.6 is 11.6 Å². The fraction of sp³-hybridized carbons (Fsp3) is 0.222. The highest BCUT2D eigenvalue weighted by atomic mass is 35.5. The van der Waals surface area contributed by atoms with Gasteiger partial charge in [0, 0.05) is 5.56 Å². The van der Waals surface area contributed by atoms with Gasteiger partial charge in [-0.2, -0.15) is 5.10 Å².